The number of nitrogens with zero attached hydrogens (tertiary/aromatic N) is 1. The second kappa shape index (κ2) is 9.76. The smallest absolute Gasteiger partial charge is 0.0575 e. The number of unbranched alkanes of at least 4 members (excludes halogenated alkanes) is 1. The molecule has 0 aromatic heterocycles. The van der Waals surface area contributed by atoms with Crippen molar-refractivity contribution in [2.24, 2.45) is 0 Å². The van der Waals surface area contributed by atoms with Crippen LogP contribution in [0.5, 0.6) is 0 Å². The third kappa shape index (κ3) is 7.81. The normalized spacial score (nSPS) is 10.7. The van der Waals surface area contributed by atoms with E-state index in [0.29, 0.717) is 0 Å². The second-order valence-corrected chi connectivity index (χ2v) is 5.12. The first-order chi connectivity index (χ1) is 9.22. The zero-order valence-electron chi connectivity index (χ0n) is 12.6. The van der Waals surface area contributed by atoms with Crippen molar-refractivity contribution in [2.45, 2.75) is 39.5 Å². The molecule has 0 aliphatic heterocycles. The molecule has 0 saturated carbocycles. The summed E-state index contributed by atoms with van der Waals surface area (Å²) in [6.45, 7) is 6.30. The molecule has 19 heavy (non-hydrogen) atoms. The fourth-order valence-electron chi connectivity index (χ4n) is 2.06. The standard InChI is InChI=1S/C17H27NO/c1-16(2)10-7-8-14-18(19-3)15-9-13-17-11-5-4-6-12-17/h4-6,10-12H,7-9,13-15H2,1-3H3. The highest BCUT2D eigenvalue weighted by Crippen LogP contribution is 2.05. The van der Waals surface area contributed by atoms with E-state index < -0.39 is 0 Å². The van der Waals surface area contributed by atoms with E-state index in [4.69, 9.17) is 4.84 Å². The van der Waals surface area contributed by atoms with Crippen molar-refractivity contribution in [3.63, 3.8) is 0 Å². The van der Waals surface area contributed by atoms with Gasteiger partial charge in [0.2, 0.25) is 0 Å². The van der Waals surface area contributed by atoms with Crippen LogP contribution in [0.3, 0.4) is 0 Å². The lowest BCUT2D eigenvalue weighted by Crippen LogP contribution is -2.25. The van der Waals surface area contributed by atoms with Crippen LogP contribution in [0.25, 0.3) is 0 Å². The van der Waals surface area contributed by atoms with E-state index in [0.717, 1.165) is 38.8 Å². The first-order valence-corrected chi connectivity index (χ1v) is 7.18. The molecule has 0 atom stereocenters. The van der Waals surface area contributed by atoms with E-state index >= 15 is 0 Å². The van der Waals surface area contributed by atoms with Crippen LogP contribution in [-0.4, -0.2) is 25.3 Å². The SMILES string of the molecule is CON(CCCC=C(C)C)CCCc1ccccc1. The van der Waals surface area contributed by atoms with Gasteiger partial charge in [0, 0.05) is 13.1 Å². The van der Waals surface area contributed by atoms with Gasteiger partial charge in [-0.15, -0.1) is 0 Å². The molecule has 0 spiro atoms. The Labute approximate surface area is 118 Å². The molecule has 106 valence electrons. The Hall–Kier alpha value is -1.12. The summed E-state index contributed by atoms with van der Waals surface area (Å²) in [5, 5.41) is 2.07. The van der Waals surface area contributed by atoms with E-state index in [1.807, 2.05) is 0 Å². The molecule has 0 saturated heterocycles. The minimum atomic E-state index is 1.00. The molecular weight excluding hydrogens is 234 g/mol. The van der Waals surface area contributed by atoms with Gasteiger partial charge in [0.1, 0.15) is 0 Å². The summed E-state index contributed by atoms with van der Waals surface area (Å²) in [4.78, 5) is 5.41. The molecule has 2 nitrogen and oxygen atoms in total. The first kappa shape index (κ1) is 15.9. The van der Waals surface area contributed by atoms with E-state index in [2.05, 4.69) is 55.3 Å². The summed E-state index contributed by atoms with van der Waals surface area (Å²) >= 11 is 0. The molecule has 0 N–H and O–H groups in total. The van der Waals surface area contributed by atoms with Gasteiger partial charge in [-0.3, -0.25) is 0 Å². The highest BCUT2D eigenvalue weighted by Gasteiger charge is 2.02. The lowest BCUT2D eigenvalue weighted by atomic mass is 10.1. The molecule has 1 rings (SSSR count). The van der Waals surface area contributed by atoms with Crippen molar-refractivity contribution in [2.75, 3.05) is 20.2 Å². The average Bonchev–Trinajstić information content (AvgIpc) is 2.42. The summed E-state index contributed by atoms with van der Waals surface area (Å²) in [5.74, 6) is 0. The maximum absolute atomic E-state index is 5.41. The summed E-state index contributed by atoms with van der Waals surface area (Å²) in [6.07, 6.45) is 6.85. The number of hydrogen-bond acceptors (Lipinski definition) is 2. The summed E-state index contributed by atoms with van der Waals surface area (Å²) in [6, 6.07) is 10.6. The Balaban J connectivity index is 2.16. The molecule has 0 bridgehead atoms. The van der Waals surface area contributed by atoms with Gasteiger partial charge in [-0.2, -0.15) is 5.06 Å². The molecule has 1 aromatic carbocycles. The Kier molecular flexibility index (Phi) is 8.19. The lowest BCUT2D eigenvalue weighted by Gasteiger charge is -2.19. The van der Waals surface area contributed by atoms with Crippen LogP contribution in [0.2, 0.25) is 0 Å². The number of rotatable bonds is 9. The zero-order valence-corrected chi connectivity index (χ0v) is 12.6. The molecule has 0 unspecified atom stereocenters. The predicted molar refractivity (Wildman–Crippen MR) is 82.0 cm³/mol. The van der Waals surface area contributed by atoms with Gasteiger partial charge in [-0.1, -0.05) is 42.0 Å². The number of hydrogen-bond donors (Lipinski definition) is 0. The third-order valence-corrected chi connectivity index (χ3v) is 3.14. The van der Waals surface area contributed by atoms with Crippen molar-refractivity contribution in [1.82, 2.24) is 5.06 Å². The number of hydroxylamine groups is 2. The van der Waals surface area contributed by atoms with E-state index in [-0.39, 0.29) is 0 Å². The highest BCUT2D eigenvalue weighted by molar-refractivity contribution is 5.14. The van der Waals surface area contributed by atoms with Gasteiger partial charge in [0.25, 0.3) is 0 Å². The van der Waals surface area contributed by atoms with E-state index in [1.54, 1.807) is 7.11 Å². The van der Waals surface area contributed by atoms with Crippen LogP contribution in [0, 0.1) is 0 Å². The van der Waals surface area contributed by atoms with Crippen LogP contribution >= 0.6 is 0 Å². The van der Waals surface area contributed by atoms with Gasteiger partial charge in [0.05, 0.1) is 7.11 Å². The fraction of sp³-hybridized carbons (Fsp3) is 0.529. The third-order valence-electron chi connectivity index (χ3n) is 3.14. The monoisotopic (exact) mass is 261 g/mol. The van der Waals surface area contributed by atoms with E-state index in [9.17, 15) is 0 Å². The summed E-state index contributed by atoms with van der Waals surface area (Å²) < 4.78 is 0. The van der Waals surface area contributed by atoms with Gasteiger partial charge in [0.15, 0.2) is 0 Å². The van der Waals surface area contributed by atoms with Crippen LogP contribution in [0.1, 0.15) is 38.7 Å². The van der Waals surface area contributed by atoms with Crippen LogP contribution in [0.4, 0.5) is 0 Å². The Bertz CT molecular complexity index is 355. The molecule has 0 heterocycles. The molecule has 0 aliphatic carbocycles. The summed E-state index contributed by atoms with van der Waals surface area (Å²) in [7, 11) is 1.77. The Morgan fingerprint density at radius 1 is 1.11 bits per heavy atom. The largest absolute Gasteiger partial charge is 0.302 e. The topological polar surface area (TPSA) is 12.5 Å². The molecule has 1 aromatic rings. The first-order valence-electron chi connectivity index (χ1n) is 7.18. The maximum Gasteiger partial charge on any atom is 0.0575 e. The van der Waals surface area contributed by atoms with Gasteiger partial charge in [-0.05, 0) is 45.1 Å². The average molecular weight is 261 g/mol. The van der Waals surface area contributed by atoms with Crippen molar-refractivity contribution in [3.8, 4) is 0 Å². The van der Waals surface area contributed by atoms with Gasteiger partial charge in [-0.25, -0.2) is 0 Å². The zero-order chi connectivity index (χ0) is 13.9. The second-order valence-electron chi connectivity index (χ2n) is 5.12. The van der Waals surface area contributed by atoms with Gasteiger partial charge < -0.3 is 4.84 Å². The minimum Gasteiger partial charge on any atom is -0.302 e. The number of benzene rings is 1. The Morgan fingerprint density at radius 2 is 1.79 bits per heavy atom. The maximum atomic E-state index is 5.41. The van der Waals surface area contributed by atoms with Crippen LogP contribution < -0.4 is 0 Å². The van der Waals surface area contributed by atoms with Crippen LogP contribution in [0.15, 0.2) is 42.0 Å². The van der Waals surface area contributed by atoms with E-state index in [1.165, 1.54) is 11.1 Å². The number of aryl methyl sites for hydroxylation is 1. The highest BCUT2D eigenvalue weighted by atomic mass is 16.7. The van der Waals surface area contributed by atoms with Crippen LogP contribution in [-0.2, 0) is 11.3 Å². The van der Waals surface area contributed by atoms with Crippen molar-refractivity contribution in [1.29, 1.82) is 0 Å². The molecule has 0 radical (unpaired) electrons. The van der Waals surface area contributed by atoms with Crippen molar-refractivity contribution < 1.29 is 4.84 Å². The lowest BCUT2D eigenvalue weighted by molar-refractivity contribution is -0.131. The molecular formula is C17H27NO. The quantitative estimate of drug-likeness (QED) is 0.375. The minimum absolute atomic E-state index is 1.00. The fourth-order valence-corrected chi connectivity index (χ4v) is 2.06. The molecule has 0 fully saturated rings. The summed E-state index contributed by atoms with van der Waals surface area (Å²) in [5.41, 5.74) is 2.80. The van der Waals surface area contributed by atoms with Gasteiger partial charge >= 0.3 is 0 Å². The van der Waals surface area contributed by atoms with Crippen molar-refractivity contribution in [3.05, 3.63) is 47.5 Å². The molecule has 0 aliphatic rings. The molecule has 2 heteroatoms. The Morgan fingerprint density at radius 3 is 2.42 bits per heavy atom. The predicted octanol–water partition coefficient (Wildman–Crippen LogP) is 4.23. The number of allylic oxidation sites excluding steroid dienone is 2. The van der Waals surface area contributed by atoms with Crippen molar-refractivity contribution >= 4 is 0 Å². The molecule has 0 amide bonds.